The molecule has 1 aromatic carbocycles. The topological polar surface area (TPSA) is 61.4 Å². The van der Waals surface area contributed by atoms with Crippen LogP contribution in [0, 0.1) is 5.41 Å². The van der Waals surface area contributed by atoms with Gasteiger partial charge in [0.05, 0.1) is 6.04 Å². The summed E-state index contributed by atoms with van der Waals surface area (Å²) in [5.74, 6) is 0.264. The summed E-state index contributed by atoms with van der Waals surface area (Å²) in [5, 5.41) is 6.38. The van der Waals surface area contributed by atoms with Gasteiger partial charge in [-0.3, -0.25) is 9.59 Å². The first-order valence-electron chi connectivity index (χ1n) is 8.88. The molecule has 2 fully saturated rings. The molecule has 5 nitrogen and oxygen atoms in total. The van der Waals surface area contributed by atoms with Crippen LogP contribution in [0.1, 0.15) is 45.1 Å². The van der Waals surface area contributed by atoms with E-state index < -0.39 is 0 Å². The lowest BCUT2D eigenvalue weighted by molar-refractivity contribution is -0.127. The van der Waals surface area contributed by atoms with Crippen LogP contribution in [-0.2, 0) is 16.1 Å². The minimum Gasteiger partial charge on any atom is -0.351 e. The maximum Gasteiger partial charge on any atom is 0.237 e. The molecule has 2 amide bonds. The molecule has 0 spiro atoms. The Hall–Kier alpha value is -1.88. The van der Waals surface area contributed by atoms with Crippen LogP contribution in [-0.4, -0.2) is 30.9 Å². The van der Waals surface area contributed by atoms with Crippen LogP contribution in [0.5, 0.6) is 0 Å². The maximum absolute atomic E-state index is 12.5. The van der Waals surface area contributed by atoms with Crippen molar-refractivity contribution in [3.05, 3.63) is 29.8 Å². The molecule has 3 rings (SSSR count). The van der Waals surface area contributed by atoms with E-state index in [4.69, 9.17) is 0 Å². The smallest absolute Gasteiger partial charge is 0.237 e. The van der Waals surface area contributed by atoms with Gasteiger partial charge in [0.2, 0.25) is 11.8 Å². The fraction of sp³-hybridized carbons (Fsp3) is 0.579. The number of nitrogens with one attached hydrogen (secondary N) is 2. The van der Waals surface area contributed by atoms with Gasteiger partial charge in [0.15, 0.2) is 0 Å². The number of piperidine rings is 1. The minimum atomic E-state index is -0.132. The van der Waals surface area contributed by atoms with Crippen LogP contribution < -0.4 is 15.5 Å². The van der Waals surface area contributed by atoms with E-state index in [0.29, 0.717) is 13.0 Å². The van der Waals surface area contributed by atoms with Crippen LogP contribution >= 0.6 is 0 Å². The molecule has 0 aromatic heterocycles. The average Bonchev–Trinajstić information content (AvgIpc) is 2.99. The molecule has 5 heteroatoms. The van der Waals surface area contributed by atoms with Crippen molar-refractivity contribution >= 4 is 17.5 Å². The normalized spacial score (nSPS) is 23.3. The molecule has 0 aliphatic carbocycles. The summed E-state index contributed by atoms with van der Waals surface area (Å²) in [6, 6.07) is 7.77. The largest absolute Gasteiger partial charge is 0.351 e. The number of amides is 2. The Morgan fingerprint density at radius 3 is 2.67 bits per heavy atom. The van der Waals surface area contributed by atoms with E-state index in [1.807, 2.05) is 29.2 Å². The molecule has 2 saturated heterocycles. The molecular formula is C19H27N3O2. The van der Waals surface area contributed by atoms with E-state index in [1.165, 1.54) is 0 Å². The molecule has 2 N–H and O–H groups in total. The van der Waals surface area contributed by atoms with Crippen molar-refractivity contribution in [3.63, 3.8) is 0 Å². The summed E-state index contributed by atoms with van der Waals surface area (Å²) in [6.07, 6.45) is 3.76. The molecular weight excluding hydrogens is 302 g/mol. The fourth-order valence-electron chi connectivity index (χ4n) is 3.66. The van der Waals surface area contributed by atoms with Gasteiger partial charge in [-0.05, 0) is 48.9 Å². The monoisotopic (exact) mass is 329 g/mol. The lowest BCUT2D eigenvalue weighted by Gasteiger charge is -2.38. The second-order valence-corrected chi connectivity index (χ2v) is 7.51. The van der Waals surface area contributed by atoms with Crippen molar-refractivity contribution in [1.82, 2.24) is 10.6 Å². The predicted octanol–water partition coefficient (Wildman–Crippen LogP) is 2.21. The van der Waals surface area contributed by atoms with Gasteiger partial charge in [-0.1, -0.05) is 26.0 Å². The van der Waals surface area contributed by atoms with Gasteiger partial charge in [-0.15, -0.1) is 0 Å². The molecule has 1 unspecified atom stereocenters. The Morgan fingerprint density at radius 2 is 2.04 bits per heavy atom. The Balaban J connectivity index is 1.56. The van der Waals surface area contributed by atoms with Crippen molar-refractivity contribution in [1.29, 1.82) is 0 Å². The van der Waals surface area contributed by atoms with E-state index in [1.54, 1.807) is 0 Å². The molecule has 2 aliphatic rings. The van der Waals surface area contributed by atoms with Gasteiger partial charge in [-0.2, -0.15) is 0 Å². The highest BCUT2D eigenvalue weighted by Crippen LogP contribution is 2.30. The summed E-state index contributed by atoms with van der Waals surface area (Å²) in [6.45, 7) is 6.51. The number of benzene rings is 1. The third-order valence-electron chi connectivity index (χ3n) is 5.18. The van der Waals surface area contributed by atoms with Gasteiger partial charge < -0.3 is 15.5 Å². The lowest BCUT2D eigenvalue weighted by Crippen LogP contribution is -2.55. The molecule has 24 heavy (non-hydrogen) atoms. The standard InChI is InChI=1S/C19H27N3O2/c1-19(2)10-4-11-20-17(19)18(24)21-13-14-6-8-15(9-7-14)22-12-3-5-16(22)23/h6-9,17,20H,3-5,10-13H2,1-2H3,(H,21,24). The highest BCUT2D eigenvalue weighted by Gasteiger charge is 2.36. The van der Waals surface area contributed by atoms with E-state index >= 15 is 0 Å². The van der Waals surface area contributed by atoms with Gasteiger partial charge in [0, 0.05) is 25.2 Å². The quantitative estimate of drug-likeness (QED) is 0.890. The second-order valence-electron chi connectivity index (χ2n) is 7.51. The summed E-state index contributed by atoms with van der Waals surface area (Å²) >= 11 is 0. The predicted molar refractivity (Wildman–Crippen MR) is 94.7 cm³/mol. The zero-order chi connectivity index (χ0) is 17.2. The maximum atomic E-state index is 12.5. The lowest BCUT2D eigenvalue weighted by atomic mass is 9.77. The summed E-state index contributed by atoms with van der Waals surface area (Å²) in [4.78, 5) is 26.1. The zero-order valence-electron chi connectivity index (χ0n) is 14.6. The molecule has 0 bridgehead atoms. The van der Waals surface area contributed by atoms with Crippen molar-refractivity contribution in [2.75, 3.05) is 18.0 Å². The van der Waals surface area contributed by atoms with Crippen LogP contribution in [0.15, 0.2) is 24.3 Å². The molecule has 0 radical (unpaired) electrons. The van der Waals surface area contributed by atoms with Crippen molar-refractivity contribution < 1.29 is 9.59 Å². The molecule has 0 saturated carbocycles. The van der Waals surface area contributed by atoms with Gasteiger partial charge in [0.1, 0.15) is 0 Å². The van der Waals surface area contributed by atoms with E-state index in [2.05, 4.69) is 24.5 Å². The van der Waals surface area contributed by atoms with Crippen LogP contribution in [0.4, 0.5) is 5.69 Å². The van der Waals surface area contributed by atoms with E-state index in [-0.39, 0.29) is 23.3 Å². The Morgan fingerprint density at radius 1 is 1.29 bits per heavy atom. The number of anilines is 1. The first-order chi connectivity index (χ1) is 11.5. The minimum absolute atomic E-state index is 0.0116. The Labute approximate surface area is 143 Å². The number of hydrogen-bond acceptors (Lipinski definition) is 3. The fourth-order valence-corrected chi connectivity index (χ4v) is 3.66. The Kier molecular flexibility index (Phi) is 4.90. The summed E-state index contributed by atoms with van der Waals surface area (Å²) < 4.78 is 0. The molecule has 1 aromatic rings. The molecule has 2 aliphatic heterocycles. The van der Waals surface area contributed by atoms with Crippen molar-refractivity contribution in [2.24, 2.45) is 5.41 Å². The highest BCUT2D eigenvalue weighted by molar-refractivity contribution is 5.95. The van der Waals surface area contributed by atoms with Crippen molar-refractivity contribution in [2.45, 2.75) is 52.1 Å². The average molecular weight is 329 g/mol. The highest BCUT2D eigenvalue weighted by atomic mass is 16.2. The van der Waals surface area contributed by atoms with Gasteiger partial charge in [0.25, 0.3) is 0 Å². The third kappa shape index (κ3) is 3.61. The van der Waals surface area contributed by atoms with E-state index in [0.717, 1.165) is 43.6 Å². The first kappa shape index (κ1) is 17.0. The SMILES string of the molecule is CC1(C)CCCNC1C(=O)NCc1ccc(N2CCCC2=O)cc1. The van der Waals surface area contributed by atoms with Crippen LogP contribution in [0.3, 0.4) is 0 Å². The summed E-state index contributed by atoms with van der Waals surface area (Å²) in [7, 11) is 0. The number of carbonyl (C=O) groups is 2. The van der Waals surface area contributed by atoms with Crippen LogP contribution in [0.25, 0.3) is 0 Å². The van der Waals surface area contributed by atoms with E-state index in [9.17, 15) is 9.59 Å². The van der Waals surface area contributed by atoms with Crippen LogP contribution in [0.2, 0.25) is 0 Å². The molecule has 2 heterocycles. The molecule has 1 atom stereocenters. The number of carbonyl (C=O) groups excluding carboxylic acids is 2. The number of hydrogen-bond donors (Lipinski definition) is 2. The molecule has 130 valence electrons. The summed E-state index contributed by atoms with van der Waals surface area (Å²) in [5.41, 5.74) is 1.98. The number of nitrogens with zero attached hydrogens (tertiary/aromatic N) is 1. The third-order valence-corrected chi connectivity index (χ3v) is 5.18. The number of rotatable bonds is 4. The van der Waals surface area contributed by atoms with Gasteiger partial charge in [-0.25, -0.2) is 0 Å². The van der Waals surface area contributed by atoms with Gasteiger partial charge >= 0.3 is 0 Å². The first-order valence-corrected chi connectivity index (χ1v) is 8.88. The Bertz CT molecular complexity index is 610. The second kappa shape index (κ2) is 6.93. The zero-order valence-corrected chi connectivity index (χ0v) is 14.6. The van der Waals surface area contributed by atoms with Crippen molar-refractivity contribution in [3.8, 4) is 0 Å².